The second kappa shape index (κ2) is 6.89. The third-order valence-corrected chi connectivity index (χ3v) is 5.56. The summed E-state index contributed by atoms with van der Waals surface area (Å²) < 4.78 is 2.09. The van der Waals surface area contributed by atoms with Gasteiger partial charge in [-0.05, 0) is 51.7 Å². The van der Waals surface area contributed by atoms with E-state index in [1.54, 1.807) is 13.8 Å². The molecule has 2 aromatic heterocycles. The minimum absolute atomic E-state index is 0.0550. The fourth-order valence-electron chi connectivity index (χ4n) is 3.67. The maximum Gasteiger partial charge on any atom is 0.232 e. The van der Waals surface area contributed by atoms with Gasteiger partial charge in [-0.1, -0.05) is 27.7 Å². The summed E-state index contributed by atoms with van der Waals surface area (Å²) in [4.78, 5) is 22.4. The van der Waals surface area contributed by atoms with Crippen molar-refractivity contribution < 1.29 is 9.90 Å². The second-order valence-electron chi connectivity index (χ2n) is 9.28. The van der Waals surface area contributed by atoms with Crippen LogP contribution in [0.1, 0.15) is 79.0 Å². The normalized spacial score (nSPS) is 17.0. The number of pyridine rings is 1. The molecule has 0 radical (unpaired) electrons. The zero-order valence-corrected chi connectivity index (χ0v) is 17.3. The Hall–Kier alpha value is -1.95. The molecule has 1 atom stereocenters. The molecule has 0 unspecified atom stereocenters. The van der Waals surface area contributed by atoms with Gasteiger partial charge in [0.05, 0.1) is 11.5 Å². The lowest BCUT2D eigenvalue weighted by atomic mass is 9.88. The maximum absolute atomic E-state index is 12.8. The smallest absolute Gasteiger partial charge is 0.232 e. The topological polar surface area (TPSA) is 80.0 Å². The molecular weight excluding hydrogens is 340 g/mol. The van der Waals surface area contributed by atoms with Crippen molar-refractivity contribution in [3.05, 3.63) is 17.8 Å². The number of amides is 1. The summed E-state index contributed by atoms with van der Waals surface area (Å²) in [5.74, 6) is -0.150. The summed E-state index contributed by atoms with van der Waals surface area (Å²) in [6, 6.07) is 4.31. The molecule has 6 heteroatoms. The highest BCUT2D eigenvalue weighted by molar-refractivity contribution is 5.93. The molecule has 3 rings (SSSR count). The van der Waals surface area contributed by atoms with E-state index in [1.807, 2.05) is 19.1 Å². The molecule has 27 heavy (non-hydrogen) atoms. The molecule has 0 spiro atoms. The van der Waals surface area contributed by atoms with Gasteiger partial charge in [-0.25, -0.2) is 9.97 Å². The molecule has 1 amide bonds. The molecule has 2 N–H and O–H groups in total. The van der Waals surface area contributed by atoms with Crippen LogP contribution in [-0.2, 0) is 10.2 Å². The monoisotopic (exact) mass is 372 g/mol. The van der Waals surface area contributed by atoms with Gasteiger partial charge in [0.15, 0.2) is 5.65 Å². The van der Waals surface area contributed by atoms with Crippen LogP contribution in [0.15, 0.2) is 12.1 Å². The van der Waals surface area contributed by atoms with Gasteiger partial charge in [-0.3, -0.25) is 14.7 Å². The molecule has 1 aliphatic rings. The number of imidazole rings is 1. The zero-order valence-electron chi connectivity index (χ0n) is 17.3. The van der Waals surface area contributed by atoms with Crippen molar-refractivity contribution >= 4 is 23.0 Å². The second-order valence-corrected chi connectivity index (χ2v) is 9.28. The van der Waals surface area contributed by atoms with E-state index in [0.717, 1.165) is 29.7 Å². The van der Waals surface area contributed by atoms with Gasteiger partial charge in [0, 0.05) is 17.2 Å². The van der Waals surface area contributed by atoms with Crippen LogP contribution < -0.4 is 5.32 Å². The number of nitrogens with one attached hydrogen (secondary N) is 1. The van der Waals surface area contributed by atoms with Gasteiger partial charge in [0.1, 0.15) is 5.52 Å². The highest BCUT2D eigenvalue weighted by Crippen LogP contribution is 2.37. The lowest BCUT2D eigenvalue weighted by Gasteiger charge is -2.30. The molecule has 0 saturated heterocycles. The number of anilines is 1. The van der Waals surface area contributed by atoms with Crippen molar-refractivity contribution in [2.24, 2.45) is 5.92 Å². The standard InChI is InChI=1S/C21H32N4O2/c1-7-14(21(5,6)27)18(26)24-19-22-15-11-12-16(20(2,3)4)23-17(15)25(19)13-9-8-10-13/h11-14,27H,7-10H2,1-6H3,(H,22,24,26)/t14-/m1/s1. The first-order chi connectivity index (χ1) is 12.5. The maximum atomic E-state index is 12.8. The molecular formula is C21H32N4O2. The Bertz CT molecular complexity index is 838. The van der Waals surface area contributed by atoms with Gasteiger partial charge in [0.2, 0.25) is 11.9 Å². The summed E-state index contributed by atoms with van der Waals surface area (Å²) in [5.41, 5.74) is 1.50. The fraction of sp³-hybridized carbons (Fsp3) is 0.667. The third kappa shape index (κ3) is 3.86. The summed E-state index contributed by atoms with van der Waals surface area (Å²) in [5, 5.41) is 13.3. The van der Waals surface area contributed by atoms with Crippen LogP contribution in [0.3, 0.4) is 0 Å². The highest BCUT2D eigenvalue weighted by Gasteiger charge is 2.34. The van der Waals surface area contributed by atoms with Gasteiger partial charge in [0.25, 0.3) is 0 Å². The molecule has 0 aliphatic heterocycles. The predicted molar refractivity (Wildman–Crippen MR) is 108 cm³/mol. The first kappa shape index (κ1) is 19.8. The van der Waals surface area contributed by atoms with Crippen LogP contribution in [0.5, 0.6) is 0 Å². The third-order valence-electron chi connectivity index (χ3n) is 5.56. The molecule has 6 nitrogen and oxygen atoms in total. The molecule has 1 aliphatic carbocycles. The number of aromatic nitrogens is 3. The minimum Gasteiger partial charge on any atom is -0.390 e. The van der Waals surface area contributed by atoms with Crippen LogP contribution in [0.4, 0.5) is 5.95 Å². The van der Waals surface area contributed by atoms with Gasteiger partial charge in [-0.15, -0.1) is 0 Å². The van der Waals surface area contributed by atoms with Gasteiger partial charge < -0.3 is 5.11 Å². The van der Waals surface area contributed by atoms with Crippen LogP contribution >= 0.6 is 0 Å². The van der Waals surface area contributed by atoms with Crippen LogP contribution in [-0.4, -0.2) is 31.1 Å². The van der Waals surface area contributed by atoms with E-state index < -0.39 is 11.5 Å². The number of hydrogen-bond donors (Lipinski definition) is 2. The van der Waals surface area contributed by atoms with E-state index in [9.17, 15) is 9.90 Å². The average molecular weight is 373 g/mol. The Morgan fingerprint density at radius 3 is 2.41 bits per heavy atom. The highest BCUT2D eigenvalue weighted by atomic mass is 16.3. The number of aliphatic hydroxyl groups is 1. The van der Waals surface area contributed by atoms with Crippen LogP contribution in [0, 0.1) is 5.92 Å². The Morgan fingerprint density at radius 2 is 1.93 bits per heavy atom. The van der Waals surface area contributed by atoms with Crippen molar-refractivity contribution in [3.8, 4) is 0 Å². The van der Waals surface area contributed by atoms with E-state index in [-0.39, 0.29) is 11.3 Å². The van der Waals surface area contributed by atoms with Crippen LogP contribution in [0.25, 0.3) is 11.2 Å². The Balaban J connectivity index is 2.03. The summed E-state index contributed by atoms with van der Waals surface area (Å²) >= 11 is 0. The molecule has 1 saturated carbocycles. The van der Waals surface area contributed by atoms with E-state index in [2.05, 4.69) is 35.6 Å². The number of nitrogens with zero attached hydrogens (tertiary/aromatic N) is 3. The summed E-state index contributed by atoms with van der Waals surface area (Å²) in [6.45, 7) is 11.7. The first-order valence-corrected chi connectivity index (χ1v) is 9.95. The molecule has 2 aromatic rings. The fourth-order valence-corrected chi connectivity index (χ4v) is 3.67. The summed E-state index contributed by atoms with van der Waals surface area (Å²) in [7, 11) is 0. The molecule has 2 heterocycles. The zero-order chi connectivity index (χ0) is 20.0. The predicted octanol–water partition coefficient (Wildman–Crippen LogP) is 4.19. The van der Waals surface area contributed by atoms with E-state index in [0.29, 0.717) is 18.4 Å². The lowest BCUT2D eigenvalue weighted by Crippen LogP contribution is -2.40. The largest absolute Gasteiger partial charge is 0.390 e. The number of carbonyl (C=O) groups is 1. The molecule has 1 fully saturated rings. The molecule has 0 aromatic carbocycles. The number of hydrogen-bond acceptors (Lipinski definition) is 4. The SMILES string of the molecule is CC[C@H](C(=O)Nc1nc2ccc(C(C)(C)C)nc2n1C1CCC1)C(C)(C)O. The number of fused-ring (bicyclic) bond motifs is 1. The van der Waals surface area contributed by atoms with Gasteiger partial charge in [-0.2, -0.15) is 0 Å². The van der Waals surface area contributed by atoms with E-state index in [4.69, 9.17) is 4.98 Å². The number of rotatable bonds is 5. The first-order valence-electron chi connectivity index (χ1n) is 9.95. The van der Waals surface area contributed by atoms with Gasteiger partial charge >= 0.3 is 0 Å². The van der Waals surface area contributed by atoms with Crippen molar-refractivity contribution in [2.45, 2.75) is 84.3 Å². The van der Waals surface area contributed by atoms with Crippen molar-refractivity contribution in [3.63, 3.8) is 0 Å². The van der Waals surface area contributed by atoms with Crippen molar-refractivity contribution in [1.82, 2.24) is 14.5 Å². The quantitative estimate of drug-likeness (QED) is 0.825. The minimum atomic E-state index is -1.08. The van der Waals surface area contributed by atoms with E-state index >= 15 is 0 Å². The Morgan fingerprint density at radius 1 is 1.26 bits per heavy atom. The van der Waals surface area contributed by atoms with Crippen molar-refractivity contribution in [2.75, 3.05) is 5.32 Å². The van der Waals surface area contributed by atoms with Crippen LogP contribution in [0.2, 0.25) is 0 Å². The van der Waals surface area contributed by atoms with Crippen molar-refractivity contribution in [1.29, 1.82) is 0 Å². The lowest BCUT2D eigenvalue weighted by molar-refractivity contribution is -0.127. The molecule has 148 valence electrons. The number of carbonyl (C=O) groups excluding carboxylic acids is 1. The average Bonchev–Trinajstić information content (AvgIpc) is 2.81. The summed E-state index contributed by atoms with van der Waals surface area (Å²) in [6.07, 6.45) is 3.88. The Kier molecular flexibility index (Phi) is 5.06. The van der Waals surface area contributed by atoms with E-state index in [1.165, 1.54) is 6.42 Å². The molecule has 0 bridgehead atoms. The Labute approximate surface area is 161 Å².